The van der Waals surface area contributed by atoms with E-state index < -0.39 is 7.14 Å². The van der Waals surface area contributed by atoms with Gasteiger partial charge in [0.15, 0.2) is 5.82 Å². The zero-order valence-corrected chi connectivity index (χ0v) is 31.1. The highest BCUT2D eigenvalue weighted by molar-refractivity contribution is 7.79. The van der Waals surface area contributed by atoms with E-state index in [1.165, 1.54) is 16.5 Å². The fourth-order valence-corrected chi connectivity index (χ4v) is 10.4. The molecule has 0 saturated carbocycles. The third-order valence-corrected chi connectivity index (χ3v) is 13.5. The number of aromatic nitrogens is 2. The van der Waals surface area contributed by atoms with Crippen LogP contribution in [-0.4, -0.2) is 16.6 Å². The number of fused-ring (bicyclic) bond motifs is 4. The summed E-state index contributed by atoms with van der Waals surface area (Å²) in [6.45, 7) is 1.90. The van der Waals surface area contributed by atoms with Gasteiger partial charge in [-0.1, -0.05) is 182 Å². The molecule has 55 heavy (non-hydrogen) atoms. The van der Waals surface area contributed by atoms with E-state index in [4.69, 9.17) is 9.97 Å². The Morgan fingerprint density at radius 2 is 0.782 bits per heavy atom. The predicted octanol–water partition coefficient (Wildman–Crippen LogP) is 12.6. The molecule has 0 spiro atoms. The van der Waals surface area contributed by atoms with Crippen molar-refractivity contribution in [3.8, 4) is 78.4 Å². The summed E-state index contributed by atoms with van der Waals surface area (Å²) in [4.78, 5) is 10.1. The number of benzene rings is 8. The van der Waals surface area contributed by atoms with Gasteiger partial charge in [0.25, 0.3) is 0 Å². The third kappa shape index (κ3) is 5.81. The van der Waals surface area contributed by atoms with E-state index in [0.29, 0.717) is 5.82 Å². The molecule has 0 amide bonds. The van der Waals surface area contributed by atoms with E-state index in [9.17, 15) is 4.57 Å². The maximum atomic E-state index is 14.1. The second-order valence-electron chi connectivity index (χ2n) is 14.2. The Hall–Kier alpha value is -6.67. The molecule has 0 saturated heterocycles. The van der Waals surface area contributed by atoms with Gasteiger partial charge in [-0.2, -0.15) is 0 Å². The monoisotopic (exact) mass is 722 g/mol. The quantitative estimate of drug-likeness (QED) is 0.161. The molecule has 2 heterocycles. The van der Waals surface area contributed by atoms with Crippen LogP contribution in [0.2, 0.25) is 0 Å². The van der Waals surface area contributed by atoms with E-state index in [2.05, 4.69) is 152 Å². The largest absolute Gasteiger partial charge is 0.314 e. The Labute approximate surface area is 321 Å². The number of nitrogens with zero attached hydrogens (tertiary/aromatic N) is 2. The standard InChI is InChI=1S/C51H35N2OP/c1-55(54)49-19-11-10-18-45(49)46-29-28-40(32-50(46)55)42-31-30-41(43-16-8-9-17-44(42)43)36-22-26-38(27-23-36)48-33-47(52-51(53-48)39-14-6-3-7-15-39)37-24-20-35(21-25-37)34-12-4-2-5-13-34/h2-33H,1H3. The predicted molar refractivity (Wildman–Crippen MR) is 230 cm³/mol. The lowest BCUT2D eigenvalue weighted by Crippen LogP contribution is -2.08. The van der Waals surface area contributed by atoms with Crippen molar-refractivity contribution in [2.75, 3.05) is 6.66 Å². The van der Waals surface area contributed by atoms with Crippen LogP contribution < -0.4 is 10.6 Å². The fourth-order valence-electron chi connectivity index (χ4n) is 8.03. The SMILES string of the molecule is CP1(=O)c2ccccc2-c2ccc(-c3ccc(-c4ccc(-c5cc(-c6ccc(-c7ccccc7)cc6)nc(-c6ccccc6)n5)cc4)c4ccccc34)cc21. The highest BCUT2D eigenvalue weighted by atomic mass is 31.2. The Morgan fingerprint density at radius 3 is 1.42 bits per heavy atom. The van der Waals surface area contributed by atoms with Gasteiger partial charge in [0.05, 0.1) is 11.4 Å². The lowest BCUT2D eigenvalue weighted by molar-refractivity contribution is 0.591. The number of hydrogen-bond acceptors (Lipinski definition) is 3. The summed E-state index contributed by atoms with van der Waals surface area (Å²) in [6.07, 6.45) is 0. The minimum atomic E-state index is -2.68. The highest BCUT2D eigenvalue weighted by Crippen LogP contribution is 2.51. The minimum Gasteiger partial charge on any atom is -0.314 e. The maximum Gasteiger partial charge on any atom is 0.160 e. The van der Waals surface area contributed by atoms with Gasteiger partial charge in [0.2, 0.25) is 0 Å². The van der Waals surface area contributed by atoms with Crippen LogP contribution in [0.5, 0.6) is 0 Å². The first-order valence-corrected chi connectivity index (χ1v) is 20.7. The van der Waals surface area contributed by atoms with Gasteiger partial charge in [0, 0.05) is 27.3 Å². The van der Waals surface area contributed by atoms with Crippen LogP contribution in [0.15, 0.2) is 194 Å². The molecule has 0 fully saturated rings. The van der Waals surface area contributed by atoms with Gasteiger partial charge in [-0.3, -0.25) is 0 Å². The maximum absolute atomic E-state index is 14.1. The second kappa shape index (κ2) is 13.3. The van der Waals surface area contributed by atoms with E-state index >= 15 is 0 Å². The molecule has 0 aliphatic carbocycles. The van der Waals surface area contributed by atoms with Crippen molar-refractivity contribution in [1.29, 1.82) is 0 Å². The van der Waals surface area contributed by atoms with Gasteiger partial charge >= 0.3 is 0 Å². The topological polar surface area (TPSA) is 42.9 Å². The van der Waals surface area contributed by atoms with Gasteiger partial charge in [-0.05, 0) is 74.1 Å². The summed E-state index contributed by atoms with van der Waals surface area (Å²) in [5.74, 6) is 0.695. The lowest BCUT2D eigenvalue weighted by atomic mass is 9.91. The van der Waals surface area contributed by atoms with Crippen molar-refractivity contribution in [2.24, 2.45) is 0 Å². The lowest BCUT2D eigenvalue weighted by Gasteiger charge is -2.15. The van der Waals surface area contributed by atoms with Crippen molar-refractivity contribution < 1.29 is 4.57 Å². The summed E-state index contributed by atoms with van der Waals surface area (Å²) >= 11 is 0. The van der Waals surface area contributed by atoms with E-state index in [1.807, 2.05) is 49.1 Å². The molecule has 0 N–H and O–H groups in total. The van der Waals surface area contributed by atoms with Crippen molar-refractivity contribution in [3.05, 3.63) is 194 Å². The van der Waals surface area contributed by atoms with Crippen LogP contribution in [-0.2, 0) is 4.57 Å². The molecule has 1 aromatic heterocycles. The number of rotatable bonds is 6. The minimum absolute atomic E-state index is 0.695. The van der Waals surface area contributed by atoms with Gasteiger partial charge in [-0.15, -0.1) is 0 Å². The van der Waals surface area contributed by atoms with Crippen LogP contribution in [0.25, 0.3) is 89.2 Å². The van der Waals surface area contributed by atoms with Crippen molar-refractivity contribution >= 4 is 28.5 Å². The zero-order valence-electron chi connectivity index (χ0n) is 30.2. The molecule has 1 aliphatic rings. The van der Waals surface area contributed by atoms with Crippen molar-refractivity contribution in [1.82, 2.24) is 9.97 Å². The van der Waals surface area contributed by atoms with Gasteiger partial charge < -0.3 is 4.57 Å². The van der Waals surface area contributed by atoms with Crippen LogP contribution in [0.4, 0.5) is 0 Å². The fraction of sp³-hybridized carbons (Fsp3) is 0.0196. The number of hydrogen-bond donors (Lipinski definition) is 0. The summed E-state index contributed by atoms with van der Waals surface area (Å²) in [5.41, 5.74) is 13.8. The summed E-state index contributed by atoms with van der Waals surface area (Å²) in [6, 6.07) is 67.6. The molecule has 10 rings (SSSR count). The molecule has 1 atom stereocenters. The first-order valence-electron chi connectivity index (χ1n) is 18.6. The summed E-state index contributed by atoms with van der Waals surface area (Å²) < 4.78 is 14.1. The Bertz CT molecular complexity index is 2940. The molecule has 8 aromatic carbocycles. The molecular formula is C51H35N2OP. The summed E-state index contributed by atoms with van der Waals surface area (Å²) in [5, 5.41) is 4.24. The smallest absolute Gasteiger partial charge is 0.160 e. The van der Waals surface area contributed by atoms with Crippen LogP contribution >= 0.6 is 7.14 Å². The second-order valence-corrected chi connectivity index (χ2v) is 17.0. The van der Waals surface area contributed by atoms with Gasteiger partial charge in [0.1, 0.15) is 7.14 Å². The van der Waals surface area contributed by atoms with Crippen molar-refractivity contribution in [2.45, 2.75) is 0 Å². The zero-order chi connectivity index (χ0) is 36.9. The average Bonchev–Trinajstić information content (AvgIpc) is 3.49. The van der Waals surface area contributed by atoms with E-state index in [0.717, 1.165) is 77.5 Å². The van der Waals surface area contributed by atoms with Gasteiger partial charge in [-0.25, -0.2) is 9.97 Å². The average molecular weight is 723 g/mol. The van der Waals surface area contributed by atoms with E-state index in [-0.39, 0.29) is 0 Å². The van der Waals surface area contributed by atoms with Crippen LogP contribution in [0, 0.1) is 0 Å². The molecule has 1 unspecified atom stereocenters. The Morgan fingerprint density at radius 1 is 0.345 bits per heavy atom. The van der Waals surface area contributed by atoms with Crippen LogP contribution in [0.3, 0.4) is 0 Å². The van der Waals surface area contributed by atoms with Crippen molar-refractivity contribution in [3.63, 3.8) is 0 Å². The molecule has 4 heteroatoms. The third-order valence-electron chi connectivity index (χ3n) is 10.9. The molecule has 260 valence electrons. The van der Waals surface area contributed by atoms with Crippen LogP contribution in [0.1, 0.15) is 0 Å². The first kappa shape index (κ1) is 32.9. The normalized spacial score (nSPS) is 14.4. The molecule has 1 aliphatic heterocycles. The molecule has 9 aromatic rings. The Kier molecular flexibility index (Phi) is 7.98. The van der Waals surface area contributed by atoms with E-state index in [1.54, 1.807) is 0 Å². The molecule has 0 bridgehead atoms. The molecule has 0 radical (unpaired) electrons. The first-order chi connectivity index (χ1) is 27.0. The molecule has 3 nitrogen and oxygen atoms in total. The highest BCUT2D eigenvalue weighted by Gasteiger charge is 2.34. The summed E-state index contributed by atoms with van der Waals surface area (Å²) in [7, 11) is -2.68. The molecular weight excluding hydrogens is 688 g/mol. The Balaban J connectivity index is 1.01.